The second-order valence-corrected chi connectivity index (χ2v) is 3.09. The summed E-state index contributed by atoms with van der Waals surface area (Å²) in [6.45, 7) is 3.15. The first-order chi connectivity index (χ1) is 5.93. The maximum atomic E-state index is 4.28. The largest absolute Gasteiger partial charge is 0.291 e. The summed E-state index contributed by atoms with van der Waals surface area (Å²) in [5.41, 5.74) is 0. The van der Waals surface area contributed by atoms with E-state index in [-0.39, 0.29) is 0 Å². The first-order valence-corrected chi connectivity index (χ1v) is 4.83. The van der Waals surface area contributed by atoms with Crippen LogP contribution in [0.5, 0.6) is 0 Å². The van der Waals surface area contributed by atoms with Gasteiger partial charge in [0.1, 0.15) is 0 Å². The highest BCUT2D eigenvalue weighted by atomic mass is 15.1. The predicted octanol–water partition coefficient (Wildman–Crippen LogP) is 2.12. The first-order valence-electron chi connectivity index (χ1n) is 4.83. The van der Waals surface area contributed by atoms with Crippen LogP contribution in [-0.2, 0) is 0 Å². The van der Waals surface area contributed by atoms with E-state index >= 15 is 0 Å². The lowest BCUT2D eigenvalue weighted by Crippen LogP contribution is -2.21. The van der Waals surface area contributed by atoms with Crippen LogP contribution < -0.4 is 5.32 Å². The van der Waals surface area contributed by atoms with Gasteiger partial charge >= 0.3 is 0 Å². The monoisotopic (exact) mass is 166 g/mol. The fourth-order valence-corrected chi connectivity index (χ4v) is 1.25. The van der Waals surface area contributed by atoms with Crippen LogP contribution in [0.15, 0.2) is 17.1 Å². The van der Waals surface area contributed by atoms with Crippen molar-refractivity contribution in [2.24, 2.45) is 4.99 Å². The van der Waals surface area contributed by atoms with Crippen molar-refractivity contribution < 1.29 is 0 Å². The van der Waals surface area contributed by atoms with E-state index in [1.807, 2.05) is 6.21 Å². The van der Waals surface area contributed by atoms with Crippen LogP contribution in [0, 0.1) is 0 Å². The standard InChI is InChI=1S/C10H18N2/c1-2-3-4-5-6-7-10-11-8-9-12-10/h4-5,8,10,12H,2-3,6-7,9H2,1H3/b5-4+. The molecule has 0 aromatic heterocycles. The number of nitrogens with one attached hydrogen (secondary N) is 1. The van der Waals surface area contributed by atoms with Gasteiger partial charge in [-0.1, -0.05) is 25.5 Å². The number of hydrogen-bond donors (Lipinski definition) is 1. The summed E-state index contributed by atoms with van der Waals surface area (Å²) in [6, 6.07) is 0. The van der Waals surface area contributed by atoms with Crippen LogP contribution in [0.4, 0.5) is 0 Å². The molecular weight excluding hydrogens is 148 g/mol. The molecule has 1 unspecified atom stereocenters. The molecule has 68 valence electrons. The molecule has 1 heterocycles. The Kier molecular flexibility index (Phi) is 4.69. The highest BCUT2D eigenvalue weighted by Gasteiger charge is 2.06. The summed E-state index contributed by atoms with van der Waals surface area (Å²) < 4.78 is 0. The Morgan fingerprint density at radius 1 is 1.50 bits per heavy atom. The molecule has 1 N–H and O–H groups in total. The smallest absolute Gasteiger partial charge is 0.0996 e. The molecular formula is C10H18N2. The summed E-state index contributed by atoms with van der Waals surface area (Å²) in [5, 5.41) is 3.29. The van der Waals surface area contributed by atoms with E-state index in [4.69, 9.17) is 0 Å². The van der Waals surface area contributed by atoms with Crippen LogP contribution >= 0.6 is 0 Å². The maximum Gasteiger partial charge on any atom is 0.0996 e. The minimum absolute atomic E-state index is 0.385. The molecule has 0 spiro atoms. The number of nitrogens with zero attached hydrogens (tertiary/aromatic N) is 1. The number of rotatable bonds is 5. The third kappa shape index (κ3) is 3.67. The summed E-state index contributed by atoms with van der Waals surface area (Å²) in [5.74, 6) is 0. The van der Waals surface area contributed by atoms with Gasteiger partial charge in [-0.15, -0.1) is 0 Å². The zero-order valence-corrected chi connectivity index (χ0v) is 7.79. The molecule has 0 aromatic carbocycles. The Labute approximate surface area is 74.8 Å². The van der Waals surface area contributed by atoms with Crippen LogP contribution in [0.25, 0.3) is 0 Å². The molecule has 0 saturated heterocycles. The maximum absolute atomic E-state index is 4.28. The van der Waals surface area contributed by atoms with Crippen LogP contribution in [0.2, 0.25) is 0 Å². The molecule has 2 nitrogen and oxygen atoms in total. The molecule has 0 aromatic rings. The van der Waals surface area contributed by atoms with E-state index in [0.717, 1.165) is 19.4 Å². The van der Waals surface area contributed by atoms with Crippen molar-refractivity contribution in [2.75, 3.05) is 6.54 Å². The molecule has 0 fully saturated rings. The summed E-state index contributed by atoms with van der Waals surface area (Å²) >= 11 is 0. The number of aliphatic imine (C=N–C) groups is 1. The van der Waals surface area contributed by atoms with E-state index in [9.17, 15) is 0 Å². The number of allylic oxidation sites excluding steroid dienone is 2. The second-order valence-electron chi connectivity index (χ2n) is 3.09. The van der Waals surface area contributed by atoms with E-state index in [1.54, 1.807) is 0 Å². The topological polar surface area (TPSA) is 24.4 Å². The van der Waals surface area contributed by atoms with Crippen molar-refractivity contribution in [3.8, 4) is 0 Å². The fraction of sp³-hybridized carbons (Fsp3) is 0.700. The van der Waals surface area contributed by atoms with Crippen LogP contribution in [-0.4, -0.2) is 18.9 Å². The van der Waals surface area contributed by atoms with Crippen LogP contribution in [0.3, 0.4) is 0 Å². The molecule has 1 atom stereocenters. The Bertz CT molecular complexity index is 161. The summed E-state index contributed by atoms with van der Waals surface area (Å²) in [4.78, 5) is 4.28. The Morgan fingerprint density at radius 3 is 3.00 bits per heavy atom. The second kappa shape index (κ2) is 5.95. The third-order valence-electron chi connectivity index (χ3n) is 1.96. The molecule has 0 bridgehead atoms. The van der Waals surface area contributed by atoms with Crippen molar-refractivity contribution in [1.82, 2.24) is 5.32 Å². The van der Waals surface area contributed by atoms with Gasteiger partial charge in [-0.25, -0.2) is 0 Å². The zero-order valence-electron chi connectivity index (χ0n) is 7.79. The molecule has 1 rings (SSSR count). The van der Waals surface area contributed by atoms with Crippen LogP contribution in [0.1, 0.15) is 32.6 Å². The molecule has 12 heavy (non-hydrogen) atoms. The molecule has 1 aliphatic heterocycles. The predicted molar refractivity (Wildman–Crippen MR) is 53.6 cm³/mol. The third-order valence-corrected chi connectivity index (χ3v) is 1.96. The van der Waals surface area contributed by atoms with Gasteiger partial charge in [0.25, 0.3) is 0 Å². The minimum Gasteiger partial charge on any atom is -0.291 e. The van der Waals surface area contributed by atoms with Gasteiger partial charge in [0, 0.05) is 12.8 Å². The molecule has 1 aliphatic rings. The van der Waals surface area contributed by atoms with Crippen molar-refractivity contribution in [3.63, 3.8) is 0 Å². The van der Waals surface area contributed by atoms with Crippen molar-refractivity contribution in [1.29, 1.82) is 0 Å². The van der Waals surface area contributed by atoms with E-state index in [1.165, 1.54) is 12.8 Å². The fourth-order valence-electron chi connectivity index (χ4n) is 1.25. The van der Waals surface area contributed by atoms with Crippen molar-refractivity contribution >= 4 is 6.21 Å². The molecule has 2 heteroatoms. The highest BCUT2D eigenvalue weighted by molar-refractivity contribution is 5.61. The normalized spacial score (nSPS) is 22.6. The van der Waals surface area contributed by atoms with Gasteiger partial charge in [0.05, 0.1) is 6.17 Å². The van der Waals surface area contributed by atoms with Crippen molar-refractivity contribution in [2.45, 2.75) is 38.8 Å². The molecule has 0 radical (unpaired) electrons. The van der Waals surface area contributed by atoms with Gasteiger partial charge in [0.2, 0.25) is 0 Å². The number of unbranched alkanes of at least 4 members (excludes halogenated alkanes) is 1. The average molecular weight is 166 g/mol. The first kappa shape index (κ1) is 9.46. The highest BCUT2D eigenvalue weighted by Crippen LogP contribution is 2.02. The quantitative estimate of drug-likeness (QED) is 0.622. The van der Waals surface area contributed by atoms with Gasteiger partial charge in [-0.05, 0) is 19.3 Å². The Hall–Kier alpha value is -0.630. The Balaban J connectivity index is 1.98. The molecule has 0 amide bonds. The average Bonchev–Trinajstić information content (AvgIpc) is 2.57. The lowest BCUT2D eigenvalue weighted by Gasteiger charge is -2.04. The van der Waals surface area contributed by atoms with E-state index in [0.29, 0.717) is 6.17 Å². The SMILES string of the molecule is CCC/C=C/CCC1N=CCN1. The van der Waals surface area contributed by atoms with Gasteiger partial charge in [-0.2, -0.15) is 0 Å². The summed E-state index contributed by atoms with van der Waals surface area (Å²) in [7, 11) is 0. The lowest BCUT2D eigenvalue weighted by molar-refractivity contribution is 0.563. The van der Waals surface area contributed by atoms with Gasteiger partial charge < -0.3 is 0 Å². The number of hydrogen-bond acceptors (Lipinski definition) is 2. The van der Waals surface area contributed by atoms with E-state index < -0.39 is 0 Å². The lowest BCUT2D eigenvalue weighted by atomic mass is 10.2. The summed E-state index contributed by atoms with van der Waals surface area (Å²) in [6.07, 6.45) is 11.6. The zero-order chi connectivity index (χ0) is 8.65. The van der Waals surface area contributed by atoms with Crippen molar-refractivity contribution in [3.05, 3.63) is 12.2 Å². The van der Waals surface area contributed by atoms with Gasteiger partial charge in [0.15, 0.2) is 0 Å². The van der Waals surface area contributed by atoms with Gasteiger partial charge in [-0.3, -0.25) is 10.3 Å². The molecule has 0 saturated carbocycles. The minimum atomic E-state index is 0.385. The molecule has 0 aliphatic carbocycles. The van der Waals surface area contributed by atoms with E-state index in [2.05, 4.69) is 29.4 Å². The Morgan fingerprint density at radius 2 is 2.33 bits per heavy atom.